The first kappa shape index (κ1) is 14.8. The molecule has 2 aromatic carbocycles. The fraction of sp³-hybridized carbons (Fsp3) is 0.0588. The highest BCUT2D eigenvalue weighted by atomic mass is 35.5. The van der Waals surface area contributed by atoms with Gasteiger partial charge in [-0.1, -0.05) is 59.6 Å². The molecule has 1 aromatic heterocycles. The van der Waals surface area contributed by atoms with Crippen LogP contribution in [0.25, 0.3) is 0 Å². The van der Waals surface area contributed by atoms with Crippen LogP contribution in [0.5, 0.6) is 0 Å². The molecule has 0 bridgehead atoms. The molecule has 0 aliphatic heterocycles. The largest absolute Gasteiger partial charge is 0.322 e. The van der Waals surface area contributed by atoms with Crippen LogP contribution in [0, 0.1) is 0 Å². The standard InChI is InChI=1S/C17H12Cl2N2O/c18-13-6-7-14(15(19)10-13)16(21-9-8-20-11-21)17(22)12-4-2-1-3-5-12/h1-11,16H. The van der Waals surface area contributed by atoms with E-state index in [1.54, 1.807) is 53.6 Å². The fourth-order valence-electron chi connectivity index (χ4n) is 2.34. The van der Waals surface area contributed by atoms with Gasteiger partial charge in [-0.3, -0.25) is 4.79 Å². The maximum Gasteiger partial charge on any atom is 0.190 e. The molecule has 0 amide bonds. The Labute approximate surface area is 138 Å². The molecule has 0 aliphatic rings. The Morgan fingerprint density at radius 1 is 1.09 bits per heavy atom. The molecule has 1 atom stereocenters. The van der Waals surface area contributed by atoms with Crippen LogP contribution in [-0.4, -0.2) is 15.3 Å². The van der Waals surface area contributed by atoms with Crippen LogP contribution in [0.15, 0.2) is 67.3 Å². The highest BCUT2D eigenvalue weighted by Gasteiger charge is 2.25. The third-order valence-corrected chi connectivity index (χ3v) is 3.95. The number of ketones is 1. The third-order valence-electron chi connectivity index (χ3n) is 3.39. The zero-order chi connectivity index (χ0) is 15.5. The first-order valence-electron chi connectivity index (χ1n) is 6.68. The van der Waals surface area contributed by atoms with Crippen LogP contribution in [0.1, 0.15) is 22.0 Å². The maximum atomic E-state index is 12.9. The van der Waals surface area contributed by atoms with Crippen molar-refractivity contribution in [3.63, 3.8) is 0 Å². The van der Waals surface area contributed by atoms with Crippen molar-refractivity contribution < 1.29 is 4.79 Å². The van der Waals surface area contributed by atoms with Crippen molar-refractivity contribution in [3.8, 4) is 0 Å². The average Bonchev–Trinajstić information content (AvgIpc) is 3.04. The number of hydrogen-bond acceptors (Lipinski definition) is 2. The van der Waals surface area contributed by atoms with Crippen LogP contribution in [-0.2, 0) is 0 Å². The molecule has 3 aromatic rings. The van der Waals surface area contributed by atoms with E-state index in [4.69, 9.17) is 23.2 Å². The van der Waals surface area contributed by atoms with Crippen molar-refractivity contribution in [3.05, 3.63) is 88.4 Å². The number of Topliss-reactive ketones (excluding diaryl/α,β-unsaturated/α-hetero) is 1. The summed E-state index contributed by atoms with van der Waals surface area (Å²) in [7, 11) is 0. The normalized spacial score (nSPS) is 12.1. The quantitative estimate of drug-likeness (QED) is 0.652. The predicted molar refractivity (Wildman–Crippen MR) is 87.6 cm³/mol. The van der Waals surface area contributed by atoms with E-state index < -0.39 is 6.04 Å². The Hall–Kier alpha value is -2.10. The van der Waals surface area contributed by atoms with E-state index in [-0.39, 0.29) is 5.78 Å². The van der Waals surface area contributed by atoms with Gasteiger partial charge in [0.05, 0.1) is 6.33 Å². The van der Waals surface area contributed by atoms with Crippen molar-refractivity contribution in [1.82, 2.24) is 9.55 Å². The van der Waals surface area contributed by atoms with Gasteiger partial charge in [-0.15, -0.1) is 0 Å². The van der Waals surface area contributed by atoms with Crippen LogP contribution in [0.4, 0.5) is 0 Å². The summed E-state index contributed by atoms with van der Waals surface area (Å²) in [5.41, 5.74) is 1.31. The van der Waals surface area contributed by atoms with Gasteiger partial charge >= 0.3 is 0 Å². The highest BCUT2D eigenvalue weighted by Crippen LogP contribution is 2.31. The van der Waals surface area contributed by atoms with Gasteiger partial charge in [-0.05, 0) is 12.1 Å². The van der Waals surface area contributed by atoms with Gasteiger partial charge in [0, 0.05) is 33.6 Å². The molecule has 1 unspecified atom stereocenters. The lowest BCUT2D eigenvalue weighted by Crippen LogP contribution is -2.20. The number of halogens is 2. The zero-order valence-electron chi connectivity index (χ0n) is 11.5. The SMILES string of the molecule is O=C(c1ccccc1)C(c1ccc(Cl)cc1Cl)n1ccnc1. The summed E-state index contributed by atoms with van der Waals surface area (Å²) in [6.45, 7) is 0. The molecule has 5 heteroatoms. The summed E-state index contributed by atoms with van der Waals surface area (Å²) in [4.78, 5) is 17.0. The summed E-state index contributed by atoms with van der Waals surface area (Å²) >= 11 is 12.3. The lowest BCUT2D eigenvalue weighted by atomic mass is 9.97. The minimum absolute atomic E-state index is 0.0529. The summed E-state index contributed by atoms with van der Waals surface area (Å²) in [6.07, 6.45) is 4.99. The van der Waals surface area contributed by atoms with Gasteiger partial charge in [-0.25, -0.2) is 4.98 Å². The van der Waals surface area contributed by atoms with Crippen molar-refractivity contribution in [2.75, 3.05) is 0 Å². The molecule has 22 heavy (non-hydrogen) atoms. The molecule has 1 heterocycles. The number of rotatable bonds is 4. The predicted octanol–water partition coefficient (Wildman–Crippen LogP) is 4.66. The van der Waals surface area contributed by atoms with E-state index in [0.29, 0.717) is 21.2 Å². The number of hydrogen-bond donors (Lipinski definition) is 0. The lowest BCUT2D eigenvalue weighted by molar-refractivity contribution is 0.0946. The second kappa shape index (κ2) is 6.34. The number of aromatic nitrogens is 2. The molecule has 0 saturated heterocycles. The summed E-state index contributed by atoms with van der Waals surface area (Å²) in [5.74, 6) is -0.0529. The minimum atomic E-state index is -0.574. The summed E-state index contributed by atoms with van der Waals surface area (Å²) in [6, 6.07) is 13.7. The topological polar surface area (TPSA) is 34.9 Å². The Bertz CT molecular complexity index is 786. The average molecular weight is 331 g/mol. The Morgan fingerprint density at radius 2 is 1.86 bits per heavy atom. The first-order valence-corrected chi connectivity index (χ1v) is 7.44. The zero-order valence-corrected chi connectivity index (χ0v) is 13.0. The van der Waals surface area contributed by atoms with E-state index in [2.05, 4.69) is 4.98 Å². The molecule has 0 fully saturated rings. The molecule has 0 radical (unpaired) electrons. The minimum Gasteiger partial charge on any atom is -0.322 e. The Balaban J connectivity index is 2.11. The van der Waals surface area contributed by atoms with Crippen LogP contribution >= 0.6 is 23.2 Å². The highest BCUT2D eigenvalue weighted by molar-refractivity contribution is 6.35. The van der Waals surface area contributed by atoms with Gasteiger partial charge in [0.15, 0.2) is 5.78 Å². The smallest absolute Gasteiger partial charge is 0.190 e. The van der Waals surface area contributed by atoms with E-state index in [1.807, 2.05) is 18.2 Å². The molecule has 0 N–H and O–H groups in total. The number of imidazole rings is 1. The lowest BCUT2D eigenvalue weighted by Gasteiger charge is -2.19. The third kappa shape index (κ3) is 2.91. The molecule has 0 saturated carbocycles. The van der Waals surface area contributed by atoms with Gasteiger partial charge in [-0.2, -0.15) is 0 Å². The van der Waals surface area contributed by atoms with Crippen LogP contribution in [0.3, 0.4) is 0 Å². The monoisotopic (exact) mass is 330 g/mol. The van der Waals surface area contributed by atoms with E-state index in [0.717, 1.165) is 0 Å². The number of nitrogens with zero attached hydrogens (tertiary/aromatic N) is 2. The second-order valence-corrected chi connectivity index (χ2v) is 5.65. The molecular formula is C17H12Cl2N2O. The molecular weight excluding hydrogens is 319 g/mol. The number of carbonyl (C=O) groups is 1. The van der Waals surface area contributed by atoms with E-state index in [9.17, 15) is 4.79 Å². The molecule has 0 spiro atoms. The second-order valence-electron chi connectivity index (χ2n) is 4.81. The molecule has 0 aliphatic carbocycles. The molecule has 3 rings (SSSR count). The summed E-state index contributed by atoms with van der Waals surface area (Å²) in [5, 5.41) is 0.987. The first-order chi connectivity index (χ1) is 10.7. The maximum absolute atomic E-state index is 12.9. The van der Waals surface area contributed by atoms with Gasteiger partial charge in [0.1, 0.15) is 6.04 Å². The van der Waals surface area contributed by atoms with E-state index >= 15 is 0 Å². The van der Waals surface area contributed by atoms with Gasteiger partial charge < -0.3 is 4.57 Å². The van der Waals surface area contributed by atoms with Crippen molar-refractivity contribution in [2.45, 2.75) is 6.04 Å². The van der Waals surface area contributed by atoms with Gasteiger partial charge in [0.2, 0.25) is 0 Å². The van der Waals surface area contributed by atoms with Crippen molar-refractivity contribution in [2.24, 2.45) is 0 Å². The van der Waals surface area contributed by atoms with E-state index in [1.165, 1.54) is 0 Å². The number of carbonyl (C=O) groups excluding carboxylic acids is 1. The van der Waals surface area contributed by atoms with Gasteiger partial charge in [0.25, 0.3) is 0 Å². The molecule has 3 nitrogen and oxygen atoms in total. The summed E-state index contributed by atoms with van der Waals surface area (Å²) < 4.78 is 1.74. The van der Waals surface area contributed by atoms with Crippen LogP contribution in [0.2, 0.25) is 10.0 Å². The molecule has 110 valence electrons. The fourth-order valence-corrected chi connectivity index (χ4v) is 2.85. The number of benzene rings is 2. The Morgan fingerprint density at radius 3 is 2.50 bits per heavy atom. The van der Waals surface area contributed by atoms with Crippen molar-refractivity contribution in [1.29, 1.82) is 0 Å². The van der Waals surface area contributed by atoms with Crippen molar-refractivity contribution >= 4 is 29.0 Å². The van der Waals surface area contributed by atoms with Crippen LogP contribution < -0.4 is 0 Å². The Kier molecular flexibility index (Phi) is 4.27.